The van der Waals surface area contributed by atoms with Crippen LogP contribution in [0, 0.1) is 0 Å². The van der Waals surface area contributed by atoms with Gasteiger partial charge in [-0.1, -0.05) is 90.6 Å². The van der Waals surface area contributed by atoms with Crippen molar-refractivity contribution >= 4 is 19.6 Å². The van der Waals surface area contributed by atoms with Crippen molar-refractivity contribution in [3.05, 3.63) is 12.7 Å². The molecule has 0 heterocycles. The Morgan fingerprint density at radius 1 is 0.903 bits per heavy atom. The summed E-state index contributed by atoms with van der Waals surface area (Å²) in [5.41, 5.74) is -0.146. The van der Waals surface area contributed by atoms with Gasteiger partial charge in [-0.3, -0.25) is 4.79 Å². The summed E-state index contributed by atoms with van der Waals surface area (Å²) in [4.78, 5) is 34.2. The van der Waals surface area contributed by atoms with Gasteiger partial charge < -0.3 is 14.1 Å². The van der Waals surface area contributed by atoms with Crippen molar-refractivity contribution in [1.29, 1.82) is 0 Å². The molecule has 0 aliphatic carbocycles. The third-order valence-electron chi connectivity index (χ3n) is 5.35. The molecule has 0 bridgehead atoms. The smallest absolute Gasteiger partial charge is 0.330 e. The quantitative estimate of drug-likeness (QED) is 0.0732. The monoisotopic (exact) mass is 458 g/mol. The predicted molar refractivity (Wildman–Crippen MR) is 132 cm³/mol. The highest BCUT2D eigenvalue weighted by Crippen LogP contribution is 2.34. The summed E-state index contributed by atoms with van der Waals surface area (Å²) >= 11 is 0. The standard InChI is InChI=1S/C25H49NO4P/c1-6-8-9-10-11-12-13-14-15-16-17-18-19-20-23(30-24(27)7-2)22-31(29)25(28)21-26(3,4)5/h7,23,29H,2,6,8-22H2,1,3-5H3/q+1. The van der Waals surface area contributed by atoms with Crippen LogP contribution in [0.25, 0.3) is 0 Å². The average molecular weight is 459 g/mol. The highest BCUT2D eigenvalue weighted by molar-refractivity contribution is 7.69. The number of hydrogen-bond acceptors (Lipinski definition) is 4. The molecule has 0 saturated heterocycles. The normalized spacial score (nSPS) is 13.6. The number of carbonyl (C=O) groups excluding carboxylic acids is 2. The van der Waals surface area contributed by atoms with Crippen molar-refractivity contribution in [2.24, 2.45) is 0 Å². The highest BCUT2D eigenvalue weighted by Gasteiger charge is 2.26. The second-order valence-electron chi connectivity index (χ2n) is 9.72. The summed E-state index contributed by atoms with van der Waals surface area (Å²) in [5.74, 6) is -0.484. The molecule has 0 aromatic carbocycles. The van der Waals surface area contributed by atoms with Gasteiger partial charge >= 0.3 is 5.97 Å². The van der Waals surface area contributed by atoms with Crippen molar-refractivity contribution in [3.8, 4) is 0 Å². The lowest BCUT2D eigenvalue weighted by Gasteiger charge is -2.25. The van der Waals surface area contributed by atoms with Crippen molar-refractivity contribution < 1.29 is 23.7 Å². The lowest BCUT2D eigenvalue weighted by atomic mass is 10.0. The van der Waals surface area contributed by atoms with Crippen LogP contribution >= 0.6 is 8.15 Å². The van der Waals surface area contributed by atoms with E-state index in [-0.39, 0.29) is 18.2 Å². The van der Waals surface area contributed by atoms with Crippen LogP contribution in [0.2, 0.25) is 0 Å². The Morgan fingerprint density at radius 2 is 1.35 bits per heavy atom. The van der Waals surface area contributed by atoms with Crippen molar-refractivity contribution in [2.45, 2.75) is 103 Å². The molecule has 0 amide bonds. The molecule has 0 aliphatic rings. The minimum atomic E-state index is -1.79. The van der Waals surface area contributed by atoms with Crippen LogP contribution in [0.3, 0.4) is 0 Å². The topological polar surface area (TPSA) is 63.6 Å². The molecule has 0 saturated carbocycles. The van der Waals surface area contributed by atoms with Gasteiger partial charge in [0.15, 0.2) is 0 Å². The Bertz CT molecular complexity index is 490. The van der Waals surface area contributed by atoms with Gasteiger partial charge in [-0.05, 0) is 12.8 Å². The Labute approximate surface area is 193 Å². The SMILES string of the molecule is C=CC(=O)OC(CCCCCCCCCCCCCCC)CP(O)C(=O)C[N+](C)(C)C. The van der Waals surface area contributed by atoms with Gasteiger partial charge in [-0.2, -0.15) is 0 Å². The fourth-order valence-corrected chi connectivity index (χ4v) is 5.01. The zero-order chi connectivity index (χ0) is 23.5. The van der Waals surface area contributed by atoms with Crippen molar-refractivity contribution in [1.82, 2.24) is 0 Å². The fraction of sp³-hybridized carbons (Fsp3) is 0.840. The van der Waals surface area contributed by atoms with E-state index in [2.05, 4.69) is 13.5 Å². The van der Waals surface area contributed by atoms with E-state index in [1.807, 2.05) is 21.1 Å². The molecule has 6 heteroatoms. The minimum Gasteiger partial charge on any atom is -0.459 e. The van der Waals surface area contributed by atoms with Crippen LogP contribution in [0.4, 0.5) is 0 Å². The second-order valence-corrected chi connectivity index (χ2v) is 11.4. The van der Waals surface area contributed by atoms with E-state index >= 15 is 0 Å². The van der Waals surface area contributed by atoms with Crippen LogP contribution in [0.5, 0.6) is 0 Å². The zero-order valence-corrected chi connectivity index (χ0v) is 21.6. The van der Waals surface area contributed by atoms with Crippen LogP contribution in [0.15, 0.2) is 12.7 Å². The van der Waals surface area contributed by atoms with Gasteiger partial charge in [0.1, 0.15) is 20.8 Å². The molecule has 0 aromatic heterocycles. The van der Waals surface area contributed by atoms with Crippen LogP contribution in [0.1, 0.15) is 96.8 Å². The molecule has 1 N–H and O–H groups in total. The molecule has 0 aliphatic heterocycles. The van der Waals surface area contributed by atoms with E-state index in [1.54, 1.807) is 0 Å². The number of nitrogens with zero attached hydrogens (tertiary/aromatic N) is 1. The van der Waals surface area contributed by atoms with Gasteiger partial charge in [-0.25, -0.2) is 4.79 Å². The highest BCUT2D eigenvalue weighted by atomic mass is 31.1. The molecular weight excluding hydrogens is 409 g/mol. The number of likely N-dealkylation sites (N-methyl/N-ethyl adjacent to an activating group) is 1. The maximum Gasteiger partial charge on any atom is 0.330 e. The molecule has 0 spiro atoms. The van der Waals surface area contributed by atoms with Crippen LogP contribution in [-0.4, -0.2) is 60.8 Å². The van der Waals surface area contributed by atoms with Gasteiger partial charge in [-0.15, -0.1) is 0 Å². The molecule has 0 radical (unpaired) electrons. The molecular formula is C25H49NO4P+. The lowest BCUT2D eigenvalue weighted by molar-refractivity contribution is -0.861. The number of hydrogen-bond donors (Lipinski definition) is 1. The molecule has 182 valence electrons. The first-order valence-corrected chi connectivity index (χ1v) is 13.8. The summed E-state index contributed by atoms with van der Waals surface area (Å²) in [6.45, 7) is 5.98. The molecule has 0 fully saturated rings. The molecule has 31 heavy (non-hydrogen) atoms. The van der Waals surface area contributed by atoms with Crippen molar-refractivity contribution in [2.75, 3.05) is 33.8 Å². The number of rotatable bonds is 21. The van der Waals surface area contributed by atoms with Gasteiger partial charge in [0.2, 0.25) is 5.52 Å². The number of quaternary nitrogens is 1. The maximum atomic E-state index is 12.2. The first-order chi connectivity index (χ1) is 14.7. The Hall–Kier alpha value is -0.770. The van der Waals surface area contributed by atoms with E-state index in [1.165, 1.54) is 70.6 Å². The number of unbranched alkanes of at least 4 members (excludes halogenated alkanes) is 12. The van der Waals surface area contributed by atoms with Crippen LogP contribution in [-0.2, 0) is 14.3 Å². The van der Waals surface area contributed by atoms with Crippen LogP contribution < -0.4 is 0 Å². The summed E-state index contributed by atoms with van der Waals surface area (Å²) in [6.07, 6.45) is 18.3. The third-order valence-corrected chi connectivity index (χ3v) is 6.82. The minimum absolute atomic E-state index is 0.146. The molecule has 0 rings (SSSR count). The summed E-state index contributed by atoms with van der Waals surface area (Å²) in [5, 5.41) is 0. The van der Waals surface area contributed by atoms with E-state index < -0.39 is 20.2 Å². The Kier molecular flexibility index (Phi) is 18.3. The van der Waals surface area contributed by atoms with E-state index in [0.717, 1.165) is 18.9 Å². The number of esters is 1. The molecule has 2 atom stereocenters. The molecule has 5 nitrogen and oxygen atoms in total. The first kappa shape index (κ1) is 30.2. The van der Waals surface area contributed by atoms with Gasteiger partial charge in [0.05, 0.1) is 21.1 Å². The summed E-state index contributed by atoms with van der Waals surface area (Å²) in [7, 11) is 3.97. The van der Waals surface area contributed by atoms with Gasteiger partial charge in [0, 0.05) is 12.2 Å². The third kappa shape index (κ3) is 19.6. The Morgan fingerprint density at radius 3 is 1.77 bits per heavy atom. The van der Waals surface area contributed by atoms with E-state index in [0.29, 0.717) is 10.9 Å². The molecule has 2 unspecified atom stereocenters. The van der Waals surface area contributed by atoms with Crippen molar-refractivity contribution in [3.63, 3.8) is 0 Å². The number of ether oxygens (including phenoxy) is 1. The fourth-order valence-electron chi connectivity index (χ4n) is 3.57. The maximum absolute atomic E-state index is 12.2. The Balaban J connectivity index is 4.00. The molecule has 0 aromatic rings. The average Bonchev–Trinajstić information content (AvgIpc) is 2.69. The number of carbonyl (C=O) groups is 2. The zero-order valence-electron chi connectivity index (χ0n) is 20.7. The largest absolute Gasteiger partial charge is 0.459 e. The summed E-state index contributed by atoms with van der Waals surface area (Å²) < 4.78 is 5.88. The second kappa shape index (κ2) is 18.8. The van der Waals surface area contributed by atoms with Gasteiger partial charge in [0.25, 0.3) is 0 Å². The summed E-state index contributed by atoms with van der Waals surface area (Å²) in [6, 6.07) is 0. The van der Waals surface area contributed by atoms with E-state index in [9.17, 15) is 14.5 Å². The van der Waals surface area contributed by atoms with E-state index in [4.69, 9.17) is 4.74 Å². The first-order valence-electron chi connectivity index (χ1n) is 12.3. The lowest BCUT2D eigenvalue weighted by Crippen LogP contribution is -2.39. The predicted octanol–water partition coefficient (Wildman–Crippen LogP) is 6.19.